The zero-order valence-electron chi connectivity index (χ0n) is 18.8. The summed E-state index contributed by atoms with van der Waals surface area (Å²) in [4.78, 5) is 13.4. The van der Waals surface area contributed by atoms with Gasteiger partial charge in [0.05, 0.1) is 44.1 Å². The van der Waals surface area contributed by atoms with E-state index in [1.807, 2.05) is 22.9 Å². The van der Waals surface area contributed by atoms with Crippen molar-refractivity contribution in [3.8, 4) is 17.4 Å². The summed E-state index contributed by atoms with van der Waals surface area (Å²) < 4.78 is 24.1. The SMILES string of the molecule is COc1cnc2c(Cc3cnc(OCc4cc5n(n4)C[C@H](OC)C5)c(OC)c3)ccnc2c1. The number of nitrogens with zero attached hydrogens (tertiary/aromatic N) is 5. The first-order chi connectivity index (χ1) is 16.2. The molecule has 0 saturated carbocycles. The van der Waals surface area contributed by atoms with Crippen molar-refractivity contribution < 1.29 is 18.9 Å². The van der Waals surface area contributed by atoms with E-state index in [4.69, 9.17) is 18.9 Å². The fourth-order valence-corrected chi connectivity index (χ4v) is 4.06. The van der Waals surface area contributed by atoms with Crippen LogP contribution in [0.3, 0.4) is 0 Å². The van der Waals surface area contributed by atoms with Crippen LogP contribution in [0.1, 0.15) is 22.5 Å². The van der Waals surface area contributed by atoms with Crippen molar-refractivity contribution in [1.82, 2.24) is 24.7 Å². The van der Waals surface area contributed by atoms with Gasteiger partial charge < -0.3 is 18.9 Å². The van der Waals surface area contributed by atoms with Crippen molar-refractivity contribution in [2.24, 2.45) is 0 Å². The van der Waals surface area contributed by atoms with E-state index in [-0.39, 0.29) is 6.10 Å². The standard InChI is InChI=1S/C24H25N5O4/c1-30-19-10-21-23(26-12-19)16(4-5-25-21)6-15-7-22(32-3)24(27-11-15)33-14-17-8-18-9-20(31-2)13-29(18)28-17/h4-5,7-8,10-12,20H,6,9,13-14H2,1-3H3/t20-/m1/s1. The van der Waals surface area contributed by atoms with E-state index in [0.29, 0.717) is 30.4 Å². The minimum atomic E-state index is 0.200. The molecule has 0 saturated heterocycles. The van der Waals surface area contributed by atoms with E-state index in [1.165, 1.54) is 0 Å². The molecular formula is C24H25N5O4. The number of rotatable bonds is 8. The Morgan fingerprint density at radius 3 is 2.73 bits per heavy atom. The van der Waals surface area contributed by atoms with E-state index >= 15 is 0 Å². The van der Waals surface area contributed by atoms with Gasteiger partial charge in [-0.15, -0.1) is 0 Å². The Bertz CT molecular complexity index is 1270. The van der Waals surface area contributed by atoms with Crippen LogP contribution in [0.15, 0.2) is 42.9 Å². The predicted octanol–water partition coefficient (Wildman–Crippen LogP) is 2.98. The normalized spacial score (nSPS) is 14.9. The summed E-state index contributed by atoms with van der Waals surface area (Å²) in [7, 11) is 4.96. The Kier molecular flexibility index (Phi) is 5.78. The monoisotopic (exact) mass is 447 g/mol. The van der Waals surface area contributed by atoms with E-state index in [9.17, 15) is 0 Å². The molecule has 0 spiro atoms. The molecular weight excluding hydrogens is 422 g/mol. The van der Waals surface area contributed by atoms with Gasteiger partial charge in [0.1, 0.15) is 18.1 Å². The molecule has 1 aliphatic heterocycles. The van der Waals surface area contributed by atoms with Crippen molar-refractivity contribution in [3.63, 3.8) is 0 Å². The summed E-state index contributed by atoms with van der Waals surface area (Å²) in [6.45, 7) is 1.09. The molecule has 4 aromatic rings. The molecule has 33 heavy (non-hydrogen) atoms. The zero-order chi connectivity index (χ0) is 22.8. The van der Waals surface area contributed by atoms with Crippen LogP contribution < -0.4 is 14.2 Å². The molecule has 0 bridgehead atoms. The third-order valence-electron chi connectivity index (χ3n) is 5.78. The third kappa shape index (κ3) is 4.31. The minimum absolute atomic E-state index is 0.200. The van der Waals surface area contributed by atoms with Gasteiger partial charge in [0, 0.05) is 44.1 Å². The van der Waals surface area contributed by atoms with Gasteiger partial charge in [-0.2, -0.15) is 5.10 Å². The molecule has 5 heterocycles. The van der Waals surface area contributed by atoms with Gasteiger partial charge in [-0.1, -0.05) is 0 Å². The van der Waals surface area contributed by atoms with Crippen LogP contribution >= 0.6 is 0 Å². The van der Waals surface area contributed by atoms with Crippen LogP contribution in [0.5, 0.6) is 17.4 Å². The van der Waals surface area contributed by atoms with Gasteiger partial charge >= 0.3 is 0 Å². The van der Waals surface area contributed by atoms with E-state index in [0.717, 1.165) is 46.5 Å². The number of ether oxygens (including phenoxy) is 4. The first kappa shape index (κ1) is 21.1. The van der Waals surface area contributed by atoms with Gasteiger partial charge in [0.25, 0.3) is 5.88 Å². The van der Waals surface area contributed by atoms with Crippen LogP contribution in [0.4, 0.5) is 0 Å². The predicted molar refractivity (Wildman–Crippen MR) is 121 cm³/mol. The summed E-state index contributed by atoms with van der Waals surface area (Å²) >= 11 is 0. The number of methoxy groups -OCH3 is 3. The fourth-order valence-electron chi connectivity index (χ4n) is 4.06. The van der Waals surface area contributed by atoms with Crippen molar-refractivity contribution in [2.75, 3.05) is 21.3 Å². The van der Waals surface area contributed by atoms with Gasteiger partial charge in [0.2, 0.25) is 0 Å². The third-order valence-corrected chi connectivity index (χ3v) is 5.78. The van der Waals surface area contributed by atoms with Crippen LogP contribution in [0.2, 0.25) is 0 Å². The highest BCUT2D eigenvalue weighted by molar-refractivity contribution is 5.79. The second-order valence-electron chi connectivity index (χ2n) is 7.90. The van der Waals surface area contributed by atoms with Crippen molar-refractivity contribution in [2.45, 2.75) is 32.1 Å². The number of pyridine rings is 3. The summed E-state index contributed by atoms with van der Waals surface area (Å²) in [5, 5.41) is 4.60. The van der Waals surface area contributed by atoms with E-state index in [1.54, 1.807) is 39.9 Å². The molecule has 0 unspecified atom stereocenters. The first-order valence-corrected chi connectivity index (χ1v) is 10.7. The number of fused-ring (bicyclic) bond motifs is 2. The van der Waals surface area contributed by atoms with E-state index < -0.39 is 0 Å². The van der Waals surface area contributed by atoms with Gasteiger partial charge in [-0.05, 0) is 29.3 Å². The highest BCUT2D eigenvalue weighted by Crippen LogP contribution is 2.28. The molecule has 170 valence electrons. The molecule has 9 nitrogen and oxygen atoms in total. The maximum absolute atomic E-state index is 5.93. The number of aromatic nitrogens is 5. The van der Waals surface area contributed by atoms with Gasteiger partial charge in [-0.3, -0.25) is 14.6 Å². The Morgan fingerprint density at radius 1 is 1.03 bits per heavy atom. The van der Waals surface area contributed by atoms with Crippen LogP contribution in [0, 0.1) is 0 Å². The molecule has 1 aliphatic rings. The summed E-state index contributed by atoms with van der Waals surface area (Å²) in [6.07, 6.45) is 6.97. The largest absolute Gasteiger partial charge is 0.495 e. The molecule has 0 fully saturated rings. The molecule has 0 aromatic carbocycles. The highest BCUT2D eigenvalue weighted by atomic mass is 16.5. The molecule has 4 aromatic heterocycles. The maximum Gasteiger partial charge on any atom is 0.257 e. The molecule has 1 atom stereocenters. The van der Waals surface area contributed by atoms with Crippen molar-refractivity contribution in [3.05, 3.63) is 65.4 Å². The molecule has 0 aliphatic carbocycles. The lowest BCUT2D eigenvalue weighted by atomic mass is 10.1. The fraction of sp³-hybridized carbons (Fsp3) is 0.333. The molecule has 9 heteroatoms. The molecule has 0 radical (unpaired) electrons. The van der Waals surface area contributed by atoms with E-state index in [2.05, 4.69) is 26.1 Å². The topological polar surface area (TPSA) is 93.4 Å². The van der Waals surface area contributed by atoms with Crippen LogP contribution in [0.25, 0.3) is 11.0 Å². The lowest BCUT2D eigenvalue weighted by Gasteiger charge is -2.11. The van der Waals surface area contributed by atoms with Crippen molar-refractivity contribution >= 4 is 11.0 Å². The maximum atomic E-state index is 5.93. The summed E-state index contributed by atoms with van der Waals surface area (Å²) in [5.74, 6) is 1.69. The Hall–Kier alpha value is -3.72. The molecule has 5 rings (SSSR count). The molecule has 0 amide bonds. The first-order valence-electron chi connectivity index (χ1n) is 10.7. The number of hydrogen-bond acceptors (Lipinski definition) is 8. The Balaban J connectivity index is 1.30. The van der Waals surface area contributed by atoms with Crippen molar-refractivity contribution in [1.29, 1.82) is 0 Å². The quantitative estimate of drug-likeness (QED) is 0.407. The number of hydrogen-bond donors (Lipinski definition) is 0. The lowest BCUT2D eigenvalue weighted by Crippen LogP contribution is -2.13. The average molecular weight is 447 g/mol. The van der Waals surface area contributed by atoms with Crippen LogP contribution in [-0.4, -0.2) is 52.2 Å². The average Bonchev–Trinajstić information content (AvgIpc) is 3.41. The molecule has 0 N–H and O–H groups in total. The zero-order valence-corrected chi connectivity index (χ0v) is 18.8. The smallest absolute Gasteiger partial charge is 0.257 e. The second kappa shape index (κ2) is 9.03. The lowest BCUT2D eigenvalue weighted by molar-refractivity contribution is 0.101. The highest BCUT2D eigenvalue weighted by Gasteiger charge is 2.23. The summed E-state index contributed by atoms with van der Waals surface area (Å²) in [6, 6.07) is 7.83. The van der Waals surface area contributed by atoms with Gasteiger partial charge in [0.15, 0.2) is 5.75 Å². The Morgan fingerprint density at radius 2 is 1.94 bits per heavy atom. The summed E-state index contributed by atoms with van der Waals surface area (Å²) in [5.41, 5.74) is 5.67. The minimum Gasteiger partial charge on any atom is -0.495 e. The Labute approximate surface area is 191 Å². The van der Waals surface area contributed by atoms with Crippen LogP contribution in [-0.2, 0) is 30.7 Å². The van der Waals surface area contributed by atoms with Gasteiger partial charge in [-0.25, -0.2) is 4.98 Å². The second-order valence-corrected chi connectivity index (χ2v) is 7.90.